The molecule has 7 unspecified atom stereocenters. The minimum Gasteiger partial charge on any atom is -0.394 e. The van der Waals surface area contributed by atoms with Gasteiger partial charge in [0.1, 0.15) is 54.6 Å². The predicted molar refractivity (Wildman–Crippen MR) is 97.6 cm³/mol. The van der Waals surface area contributed by atoms with Crippen LogP contribution >= 0.6 is 11.8 Å². The summed E-state index contributed by atoms with van der Waals surface area (Å²) in [5.41, 5.74) is 0. The van der Waals surface area contributed by atoms with E-state index in [-0.39, 0.29) is 5.78 Å². The van der Waals surface area contributed by atoms with Crippen LogP contribution < -0.4 is 5.32 Å². The van der Waals surface area contributed by atoms with Crippen LogP contribution in [0.25, 0.3) is 0 Å². The number of aliphatic hydroxyl groups is 8. The second-order valence-electron chi connectivity index (χ2n) is 7.11. The second kappa shape index (κ2) is 10.7. The summed E-state index contributed by atoms with van der Waals surface area (Å²) in [5.74, 6) is 0.219. The highest BCUT2D eigenvalue weighted by atomic mass is 32.2. The van der Waals surface area contributed by atoms with Crippen molar-refractivity contribution in [2.24, 2.45) is 0 Å². The van der Waals surface area contributed by atoms with Crippen molar-refractivity contribution < 1.29 is 55.1 Å². The fraction of sp³-hybridized carbons (Fsp3) is 0.938. The van der Waals surface area contributed by atoms with Crippen LogP contribution in [0.1, 0.15) is 6.92 Å². The van der Waals surface area contributed by atoms with E-state index in [4.69, 9.17) is 9.47 Å². The van der Waals surface area contributed by atoms with Crippen LogP contribution in [-0.4, -0.2) is 132 Å². The van der Waals surface area contributed by atoms with E-state index < -0.39 is 79.8 Å². The molecule has 13 heteroatoms. The molecule has 9 N–H and O–H groups in total. The molecule has 0 aliphatic carbocycles. The van der Waals surface area contributed by atoms with Crippen molar-refractivity contribution in [3.05, 3.63) is 0 Å². The lowest BCUT2D eigenvalue weighted by molar-refractivity contribution is -0.327. The maximum atomic E-state index is 11.5. The number of hydrogen-bond acceptors (Lipinski definition) is 13. The largest absolute Gasteiger partial charge is 0.394 e. The summed E-state index contributed by atoms with van der Waals surface area (Å²) in [4.78, 5) is 11.5. The average Bonchev–Trinajstić information content (AvgIpc) is 3.20. The first-order valence-electron chi connectivity index (χ1n) is 9.11. The summed E-state index contributed by atoms with van der Waals surface area (Å²) in [6, 6.07) is -0.514. The van der Waals surface area contributed by atoms with E-state index in [1.165, 1.54) is 18.7 Å². The maximum absolute atomic E-state index is 11.5. The Bertz CT molecular complexity index is 541. The number of aliphatic hydroxyl groups excluding tert-OH is 8. The minimum absolute atomic E-state index is 0.147. The van der Waals surface area contributed by atoms with E-state index in [1.807, 2.05) is 0 Å². The summed E-state index contributed by atoms with van der Waals surface area (Å²) in [6.07, 6.45) is -14.9. The number of ether oxygens (including phenoxy) is 2. The minimum atomic E-state index is -1.80. The van der Waals surface area contributed by atoms with Crippen LogP contribution in [0.4, 0.5) is 0 Å². The lowest BCUT2D eigenvalue weighted by atomic mass is 9.98. The van der Waals surface area contributed by atoms with Crippen molar-refractivity contribution in [1.82, 2.24) is 5.32 Å². The van der Waals surface area contributed by atoms with Gasteiger partial charge in [-0.3, -0.25) is 10.1 Å². The Morgan fingerprint density at radius 1 is 1.17 bits per heavy atom. The first-order chi connectivity index (χ1) is 13.6. The molecular weight excluding hydrogens is 414 g/mol. The smallest absolute Gasteiger partial charge is 0.187 e. The van der Waals surface area contributed by atoms with Gasteiger partial charge in [0.05, 0.1) is 24.6 Å². The Balaban J connectivity index is 2.11. The molecule has 0 aromatic heterocycles. The van der Waals surface area contributed by atoms with Gasteiger partial charge in [-0.05, 0) is 6.92 Å². The number of rotatable bonds is 9. The molecule has 0 saturated carbocycles. The molecule has 2 rings (SSSR count). The molecule has 2 aliphatic heterocycles. The van der Waals surface area contributed by atoms with Crippen molar-refractivity contribution in [3.8, 4) is 0 Å². The van der Waals surface area contributed by atoms with Gasteiger partial charge < -0.3 is 50.3 Å². The zero-order valence-corrected chi connectivity index (χ0v) is 16.5. The van der Waals surface area contributed by atoms with Gasteiger partial charge in [0, 0.05) is 5.75 Å². The van der Waals surface area contributed by atoms with Crippen LogP contribution in [-0.2, 0) is 14.3 Å². The fourth-order valence-corrected chi connectivity index (χ4v) is 4.49. The van der Waals surface area contributed by atoms with E-state index in [1.54, 1.807) is 0 Å². The highest BCUT2D eigenvalue weighted by Gasteiger charge is 2.48. The third-order valence-electron chi connectivity index (χ3n) is 5.00. The fourth-order valence-electron chi connectivity index (χ4n) is 3.14. The van der Waals surface area contributed by atoms with Gasteiger partial charge in [-0.2, -0.15) is 0 Å². The number of hydrogen-bond donors (Lipinski definition) is 9. The number of nitrogens with one attached hydrogen (secondary N) is 1. The van der Waals surface area contributed by atoms with Crippen LogP contribution in [0.15, 0.2) is 0 Å². The topological polar surface area (TPSA) is 209 Å². The number of Topliss-reactive ketones (excluding diaryl/α,β-unsaturated/α-hetero) is 1. The van der Waals surface area contributed by atoms with Crippen molar-refractivity contribution in [2.75, 3.05) is 19.0 Å². The zero-order chi connectivity index (χ0) is 21.9. The lowest BCUT2D eigenvalue weighted by Gasteiger charge is -2.42. The van der Waals surface area contributed by atoms with E-state index >= 15 is 0 Å². The summed E-state index contributed by atoms with van der Waals surface area (Å²) in [7, 11) is 0. The van der Waals surface area contributed by atoms with Gasteiger partial charge in [0.2, 0.25) is 0 Å². The maximum Gasteiger partial charge on any atom is 0.187 e. The monoisotopic (exact) mass is 443 g/mol. The third kappa shape index (κ3) is 5.64. The van der Waals surface area contributed by atoms with Crippen LogP contribution in [0.3, 0.4) is 0 Å². The van der Waals surface area contributed by atoms with E-state index in [2.05, 4.69) is 5.32 Å². The van der Waals surface area contributed by atoms with E-state index in [9.17, 15) is 45.6 Å². The normalized spacial score (nSPS) is 39.7. The van der Waals surface area contributed by atoms with Gasteiger partial charge in [-0.25, -0.2) is 0 Å². The molecule has 12 nitrogen and oxygen atoms in total. The van der Waals surface area contributed by atoms with E-state index in [0.29, 0.717) is 5.75 Å². The highest BCUT2D eigenvalue weighted by molar-refractivity contribution is 8.00. The Morgan fingerprint density at radius 2 is 1.83 bits per heavy atom. The van der Waals surface area contributed by atoms with Gasteiger partial charge >= 0.3 is 0 Å². The summed E-state index contributed by atoms with van der Waals surface area (Å²) >= 11 is 1.17. The van der Waals surface area contributed by atoms with Crippen LogP contribution in [0.2, 0.25) is 0 Å². The Labute approximate surface area is 171 Å². The van der Waals surface area contributed by atoms with Crippen molar-refractivity contribution >= 4 is 17.5 Å². The molecule has 0 bridgehead atoms. The molecular formula is C16H29NO11S. The van der Waals surface area contributed by atoms with Gasteiger partial charge in [0.15, 0.2) is 6.29 Å². The number of carbonyl (C=O) groups excluding carboxylic acids is 1. The predicted octanol–water partition coefficient (Wildman–Crippen LogP) is -5.13. The van der Waals surface area contributed by atoms with Crippen molar-refractivity contribution in [3.63, 3.8) is 0 Å². The van der Waals surface area contributed by atoms with Gasteiger partial charge in [-0.1, -0.05) is 0 Å². The lowest BCUT2D eigenvalue weighted by Crippen LogP contribution is -2.62. The quantitative estimate of drug-likeness (QED) is 0.163. The number of ketones is 1. The zero-order valence-electron chi connectivity index (χ0n) is 15.7. The Hall–Kier alpha value is -0.420. The molecule has 0 amide bonds. The molecule has 2 saturated heterocycles. The van der Waals surface area contributed by atoms with Crippen LogP contribution in [0.5, 0.6) is 0 Å². The summed E-state index contributed by atoms with van der Waals surface area (Å²) in [6.45, 7) is -0.199. The number of carbonyl (C=O) groups is 1. The molecule has 29 heavy (non-hydrogen) atoms. The first-order valence-corrected chi connectivity index (χ1v) is 10.2. The molecule has 11 atom stereocenters. The van der Waals surface area contributed by atoms with Crippen molar-refractivity contribution in [1.29, 1.82) is 0 Å². The summed E-state index contributed by atoms with van der Waals surface area (Å²) in [5, 5.41) is 81.4. The number of thioether (sulfide) groups is 1. The SMILES string of the molecule is CC(=O)C1CSC(C(O)C(O)C(OC2O[C@H](CO)[C@H](O)[C@H](O)[C@H]2O)C(O)CO)N1. The Morgan fingerprint density at radius 3 is 2.34 bits per heavy atom. The molecule has 0 radical (unpaired) electrons. The van der Waals surface area contributed by atoms with Gasteiger partial charge in [-0.15, -0.1) is 11.8 Å². The molecule has 2 fully saturated rings. The molecule has 0 aromatic carbocycles. The van der Waals surface area contributed by atoms with E-state index in [0.717, 1.165) is 0 Å². The molecule has 2 heterocycles. The third-order valence-corrected chi connectivity index (χ3v) is 6.30. The standard InChI is InChI=1S/C16H29NO11S/c1-5(20)6-4-29-15(17-6)12(25)11(24)14(7(21)2-18)28-16-13(26)10(23)9(22)8(3-19)27-16/h6-19,21-26H,2-4H2,1H3/t6?,7?,8-,9+,10+,11?,12?,13-,14?,15?,16?/m1/s1. The highest BCUT2D eigenvalue weighted by Crippen LogP contribution is 2.28. The van der Waals surface area contributed by atoms with Gasteiger partial charge in [0.25, 0.3) is 0 Å². The molecule has 2 aliphatic rings. The first kappa shape index (κ1) is 24.8. The average molecular weight is 443 g/mol. The van der Waals surface area contributed by atoms with Crippen LogP contribution in [0, 0.1) is 0 Å². The second-order valence-corrected chi connectivity index (χ2v) is 8.29. The molecule has 0 aromatic rings. The van der Waals surface area contributed by atoms with Crippen molar-refractivity contribution in [2.45, 2.75) is 73.5 Å². The Kier molecular flexibility index (Phi) is 9.21. The summed E-state index contributed by atoms with van der Waals surface area (Å²) < 4.78 is 10.5. The molecule has 0 spiro atoms. The molecule has 170 valence electrons.